The predicted octanol–water partition coefficient (Wildman–Crippen LogP) is 5.63. The summed E-state index contributed by atoms with van der Waals surface area (Å²) in [4.78, 5) is 32.7. The largest absolute Gasteiger partial charge is 0.497 e. The third-order valence-electron chi connectivity index (χ3n) is 6.05. The van der Waals surface area contributed by atoms with Crippen molar-refractivity contribution in [1.82, 2.24) is 4.98 Å². The van der Waals surface area contributed by atoms with E-state index in [1.54, 1.807) is 56.6 Å². The molecule has 0 saturated carbocycles. The number of amides is 2. The smallest absolute Gasteiger partial charge is 0.268 e. The average Bonchev–Trinajstić information content (AvgIpc) is 3.40. The summed E-state index contributed by atoms with van der Waals surface area (Å²) in [6, 6.07) is 21.9. The molecule has 36 heavy (non-hydrogen) atoms. The first-order chi connectivity index (χ1) is 17.4. The zero-order chi connectivity index (χ0) is 25.2. The highest BCUT2D eigenvalue weighted by Gasteiger charge is 2.37. The number of aromatic nitrogens is 1. The number of methoxy groups -OCH3 is 1. The molecule has 0 radical (unpaired) electrons. The number of thiazole rings is 1. The van der Waals surface area contributed by atoms with Gasteiger partial charge in [-0.1, -0.05) is 30.3 Å². The Morgan fingerprint density at radius 3 is 2.56 bits per heavy atom. The Morgan fingerprint density at radius 1 is 1.08 bits per heavy atom. The maximum Gasteiger partial charge on any atom is 0.268 e. The fourth-order valence-electron chi connectivity index (χ4n) is 4.08. The molecular weight excluding hydrogens is 474 g/mol. The molecule has 0 spiro atoms. The van der Waals surface area contributed by atoms with Gasteiger partial charge in [0, 0.05) is 22.2 Å². The quantitative estimate of drug-likeness (QED) is 0.372. The highest BCUT2D eigenvalue weighted by Crippen LogP contribution is 2.39. The van der Waals surface area contributed by atoms with E-state index in [-0.39, 0.29) is 11.8 Å². The Hall–Kier alpha value is -4.17. The van der Waals surface area contributed by atoms with Crippen LogP contribution in [0.15, 0.2) is 78.2 Å². The van der Waals surface area contributed by atoms with Crippen LogP contribution in [0.2, 0.25) is 0 Å². The highest BCUT2D eigenvalue weighted by molar-refractivity contribution is 7.13. The van der Waals surface area contributed by atoms with Gasteiger partial charge < -0.3 is 14.8 Å². The maximum absolute atomic E-state index is 13.2. The van der Waals surface area contributed by atoms with Gasteiger partial charge in [-0.05, 0) is 56.3 Å². The van der Waals surface area contributed by atoms with E-state index in [2.05, 4.69) is 5.32 Å². The van der Waals surface area contributed by atoms with E-state index in [1.807, 2.05) is 53.9 Å². The Morgan fingerprint density at radius 2 is 1.83 bits per heavy atom. The number of anilines is 2. The molecule has 3 aromatic carbocycles. The molecule has 2 amide bonds. The number of carbonyl (C=O) groups excluding carboxylic acids is 2. The fraction of sp³-hybridized carbons (Fsp3) is 0.179. The second-order valence-corrected chi connectivity index (χ2v) is 9.31. The van der Waals surface area contributed by atoms with Gasteiger partial charge in [-0.2, -0.15) is 0 Å². The number of nitrogens with zero attached hydrogens (tertiary/aromatic N) is 2. The predicted molar refractivity (Wildman–Crippen MR) is 142 cm³/mol. The van der Waals surface area contributed by atoms with Crippen molar-refractivity contribution in [2.45, 2.75) is 26.0 Å². The Labute approximate surface area is 213 Å². The van der Waals surface area contributed by atoms with E-state index in [9.17, 15) is 9.59 Å². The molecule has 7 nitrogen and oxygen atoms in total. The van der Waals surface area contributed by atoms with Gasteiger partial charge in [0.1, 0.15) is 22.5 Å². The lowest BCUT2D eigenvalue weighted by molar-refractivity contribution is -0.128. The summed E-state index contributed by atoms with van der Waals surface area (Å²) in [6.45, 7) is 3.40. The molecule has 2 atom stereocenters. The number of benzene rings is 3. The minimum atomic E-state index is -0.768. The monoisotopic (exact) mass is 499 g/mol. The summed E-state index contributed by atoms with van der Waals surface area (Å²) in [5.41, 5.74) is 3.84. The first-order valence-corrected chi connectivity index (χ1v) is 12.4. The lowest BCUT2D eigenvalue weighted by Gasteiger charge is -2.36. The van der Waals surface area contributed by atoms with Gasteiger partial charge >= 0.3 is 0 Å². The van der Waals surface area contributed by atoms with Crippen LogP contribution in [-0.4, -0.2) is 36.1 Å². The molecule has 5 rings (SSSR count). The number of nitrogens with one attached hydrogen (secondary N) is 1. The van der Waals surface area contributed by atoms with Crippen LogP contribution in [0, 0.1) is 0 Å². The van der Waals surface area contributed by atoms with E-state index in [0.29, 0.717) is 22.9 Å². The number of hydrogen-bond acceptors (Lipinski definition) is 6. The van der Waals surface area contributed by atoms with Crippen LogP contribution in [0.4, 0.5) is 11.4 Å². The van der Waals surface area contributed by atoms with Crippen LogP contribution in [-0.2, 0) is 9.59 Å². The minimum absolute atomic E-state index is 0.278. The van der Waals surface area contributed by atoms with E-state index in [0.717, 1.165) is 21.8 Å². The number of fused-ring (bicyclic) bond motifs is 1. The molecule has 1 aliphatic rings. The lowest BCUT2D eigenvalue weighted by Crippen LogP contribution is -2.52. The molecule has 0 fully saturated rings. The molecule has 182 valence electrons. The Kier molecular flexibility index (Phi) is 6.43. The van der Waals surface area contributed by atoms with Crippen molar-refractivity contribution in [3.05, 3.63) is 78.2 Å². The van der Waals surface area contributed by atoms with E-state index in [1.165, 1.54) is 4.90 Å². The molecule has 1 aromatic heterocycles. The van der Waals surface area contributed by atoms with Crippen molar-refractivity contribution in [1.29, 1.82) is 0 Å². The van der Waals surface area contributed by atoms with Crippen LogP contribution in [0.1, 0.15) is 13.8 Å². The molecule has 2 heterocycles. The van der Waals surface area contributed by atoms with Gasteiger partial charge in [-0.25, -0.2) is 4.98 Å². The van der Waals surface area contributed by atoms with Crippen LogP contribution >= 0.6 is 11.3 Å². The third kappa shape index (κ3) is 4.55. The van der Waals surface area contributed by atoms with Gasteiger partial charge in [-0.15, -0.1) is 11.3 Å². The van der Waals surface area contributed by atoms with Crippen molar-refractivity contribution in [3.8, 4) is 33.3 Å². The highest BCUT2D eigenvalue weighted by atomic mass is 32.1. The normalized spacial score (nSPS) is 15.6. The van der Waals surface area contributed by atoms with Gasteiger partial charge in [-0.3, -0.25) is 14.5 Å². The first-order valence-electron chi connectivity index (χ1n) is 11.5. The van der Waals surface area contributed by atoms with E-state index in [4.69, 9.17) is 14.5 Å². The lowest BCUT2D eigenvalue weighted by atomic mass is 10.1. The van der Waals surface area contributed by atoms with E-state index >= 15 is 0 Å². The van der Waals surface area contributed by atoms with Crippen molar-refractivity contribution in [2.24, 2.45) is 0 Å². The standard InChI is InChI=1S/C28H25N3O4S/c1-17(26(32)29-21-10-12-22(34-3)13-11-21)31-24-15-20(9-14-25(24)35-18(2)28(31)33)23-16-36-27(30-23)19-7-5-4-6-8-19/h4-18H,1-3H3,(H,29,32). The minimum Gasteiger partial charge on any atom is -0.497 e. The summed E-state index contributed by atoms with van der Waals surface area (Å²) in [7, 11) is 1.58. The van der Waals surface area contributed by atoms with Crippen LogP contribution in [0.5, 0.6) is 11.5 Å². The molecule has 1 aliphatic heterocycles. The van der Waals surface area contributed by atoms with Gasteiger partial charge in [0.05, 0.1) is 18.5 Å². The topological polar surface area (TPSA) is 80.8 Å². The van der Waals surface area contributed by atoms with Gasteiger partial charge in [0.25, 0.3) is 5.91 Å². The molecule has 0 bridgehead atoms. The second kappa shape index (κ2) is 9.83. The summed E-state index contributed by atoms with van der Waals surface area (Å²) < 4.78 is 11.0. The molecule has 4 aromatic rings. The van der Waals surface area contributed by atoms with Crippen LogP contribution in [0.3, 0.4) is 0 Å². The fourth-order valence-corrected chi connectivity index (χ4v) is 4.91. The zero-order valence-electron chi connectivity index (χ0n) is 20.1. The zero-order valence-corrected chi connectivity index (χ0v) is 20.9. The van der Waals surface area contributed by atoms with E-state index < -0.39 is 12.1 Å². The summed E-state index contributed by atoms with van der Waals surface area (Å²) in [5.74, 6) is 0.657. The van der Waals surface area contributed by atoms with Crippen molar-refractivity contribution < 1.29 is 19.1 Å². The van der Waals surface area contributed by atoms with Gasteiger partial charge in [0.2, 0.25) is 5.91 Å². The van der Waals surface area contributed by atoms with Crippen LogP contribution in [0.25, 0.3) is 21.8 Å². The molecule has 0 saturated heterocycles. The summed E-state index contributed by atoms with van der Waals surface area (Å²) >= 11 is 1.56. The van der Waals surface area contributed by atoms with Crippen molar-refractivity contribution in [2.75, 3.05) is 17.3 Å². The molecule has 1 N–H and O–H groups in total. The number of rotatable bonds is 6. The summed E-state index contributed by atoms with van der Waals surface area (Å²) in [6.07, 6.45) is -0.705. The molecule has 0 aliphatic carbocycles. The number of hydrogen-bond donors (Lipinski definition) is 1. The number of carbonyl (C=O) groups is 2. The maximum atomic E-state index is 13.2. The average molecular weight is 500 g/mol. The summed E-state index contributed by atoms with van der Waals surface area (Å²) in [5, 5.41) is 5.78. The number of ether oxygens (including phenoxy) is 2. The van der Waals surface area contributed by atoms with Gasteiger partial charge in [0.15, 0.2) is 6.10 Å². The first kappa shape index (κ1) is 23.6. The Bertz CT molecular complexity index is 1400. The molecule has 8 heteroatoms. The molecular formula is C28H25N3O4S. The SMILES string of the molecule is COc1ccc(NC(=O)C(C)N2C(=O)C(C)Oc3ccc(-c4csc(-c5ccccc5)n4)cc32)cc1. The Balaban J connectivity index is 1.44. The molecule has 2 unspecified atom stereocenters. The van der Waals surface area contributed by atoms with Crippen molar-refractivity contribution in [3.63, 3.8) is 0 Å². The van der Waals surface area contributed by atoms with Crippen LogP contribution < -0.4 is 19.7 Å². The third-order valence-corrected chi connectivity index (χ3v) is 6.94. The second-order valence-electron chi connectivity index (χ2n) is 8.45. The van der Waals surface area contributed by atoms with Crippen molar-refractivity contribution >= 4 is 34.5 Å².